The molecule has 0 spiro atoms. The Morgan fingerprint density at radius 2 is 1.60 bits per heavy atom. The van der Waals surface area contributed by atoms with E-state index >= 15 is 0 Å². The predicted molar refractivity (Wildman–Crippen MR) is 74.9 cm³/mol. The maximum absolute atomic E-state index is 2.57. The molecule has 1 aliphatic heterocycles. The molecule has 0 atom stereocenters. The zero-order chi connectivity index (χ0) is 11.3. The van der Waals surface area contributed by atoms with Crippen LogP contribution in [0.3, 0.4) is 0 Å². The molecule has 2 heteroatoms. The van der Waals surface area contributed by atoms with Gasteiger partial charge in [-0.15, -0.1) is 0 Å². The maximum atomic E-state index is 2.57. The number of hydrogen-bond acceptors (Lipinski definition) is 0. The van der Waals surface area contributed by atoms with Crippen LogP contribution in [0, 0.1) is 0 Å². The normalized spacial score (nSPS) is 18.6. The molecule has 0 bridgehead atoms. The molecule has 1 aromatic rings. The molecule has 80 valence electrons. The van der Waals surface area contributed by atoms with Crippen molar-refractivity contribution in [1.29, 1.82) is 0 Å². The molecule has 0 amide bonds. The van der Waals surface area contributed by atoms with Crippen molar-refractivity contribution in [3.63, 3.8) is 0 Å². The first-order valence-electron chi connectivity index (χ1n) is 5.65. The second-order valence-electron chi connectivity index (χ2n) is 6.02. The molecule has 0 N–H and O–H groups in total. The van der Waals surface area contributed by atoms with E-state index in [0.29, 0.717) is 0 Å². The van der Waals surface area contributed by atoms with Crippen LogP contribution in [0.25, 0.3) is 6.08 Å². The SMILES string of the molecule is C[Si](C)(C)[C]1=Cc2cccc[c]2[Sn]1([CH3])[CH3]. The number of rotatable bonds is 1. The van der Waals surface area contributed by atoms with Crippen LogP contribution in [0.1, 0.15) is 5.56 Å². The summed E-state index contributed by atoms with van der Waals surface area (Å²) >= 11 is -2.10. The van der Waals surface area contributed by atoms with E-state index < -0.39 is 26.5 Å². The summed E-state index contributed by atoms with van der Waals surface area (Å²) in [6.07, 6.45) is 2.53. The summed E-state index contributed by atoms with van der Waals surface area (Å²) < 4.78 is 3.60. The van der Waals surface area contributed by atoms with Gasteiger partial charge >= 0.3 is 98.7 Å². The van der Waals surface area contributed by atoms with Crippen LogP contribution in [0.5, 0.6) is 0 Å². The van der Waals surface area contributed by atoms with Crippen LogP contribution in [-0.4, -0.2) is 26.5 Å². The third-order valence-electron chi connectivity index (χ3n) is 3.42. The van der Waals surface area contributed by atoms with Crippen molar-refractivity contribution in [3.8, 4) is 0 Å². The molecule has 0 radical (unpaired) electrons. The average molecular weight is 323 g/mol. The van der Waals surface area contributed by atoms with Crippen LogP contribution in [-0.2, 0) is 0 Å². The molecule has 0 saturated carbocycles. The van der Waals surface area contributed by atoms with Gasteiger partial charge in [0.1, 0.15) is 0 Å². The molecule has 0 aromatic heterocycles. The molecule has 1 heterocycles. The van der Waals surface area contributed by atoms with E-state index in [1.165, 1.54) is 5.56 Å². The minimum atomic E-state index is -2.10. The fraction of sp³-hybridized carbons (Fsp3) is 0.385. The fourth-order valence-corrected chi connectivity index (χ4v) is 28.5. The second-order valence-corrected chi connectivity index (χ2v) is 24.8. The Morgan fingerprint density at radius 3 is 2.13 bits per heavy atom. The van der Waals surface area contributed by atoms with Gasteiger partial charge in [0, 0.05) is 0 Å². The van der Waals surface area contributed by atoms with E-state index in [-0.39, 0.29) is 0 Å². The second kappa shape index (κ2) is 3.49. The predicted octanol–water partition coefficient (Wildman–Crippen LogP) is 3.42. The molecule has 0 unspecified atom stereocenters. The molecule has 0 saturated heterocycles. The molecule has 1 aromatic carbocycles. The Bertz CT molecular complexity index is 424. The first kappa shape index (κ1) is 11.5. The first-order valence-corrected chi connectivity index (χ1v) is 17.7. The van der Waals surface area contributed by atoms with E-state index in [1.54, 1.807) is 3.58 Å². The average Bonchev–Trinajstić information content (AvgIpc) is 2.39. The number of fused-ring (bicyclic) bond motifs is 1. The third kappa shape index (κ3) is 1.84. The van der Waals surface area contributed by atoms with E-state index in [1.807, 2.05) is 3.21 Å². The Hall–Kier alpha value is -0.0244. The van der Waals surface area contributed by atoms with Crippen LogP contribution in [0.4, 0.5) is 0 Å². The summed E-state index contributed by atoms with van der Waals surface area (Å²) in [6, 6.07) is 9.04. The molecular weight excluding hydrogens is 303 g/mol. The van der Waals surface area contributed by atoms with Crippen molar-refractivity contribution in [2.24, 2.45) is 0 Å². The van der Waals surface area contributed by atoms with E-state index in [9.17, 15) is 0 Å². The van der Waals surface area contributed by atoms with Gasteiger partial charge in [-0.1, -0.05) is 0 Å². The van der Waals surface area contributed by atoms with Gasteiger partial charge in [-0.3, -0.25) is 0 Å². The van der Waals surface area contributed by atoms with Crippen molar-refractivity contribution in [2.75, 3.05) is 0 Å². The van der Waals surface area contributed by atoms with Gasteiger partial charge in [-0.2, -0.15) is 0 Å². The zero-order valence-corrected chi connectivity index (χ0v) is 14.2. The monoisotopic (exact) mass is 324 g/mol. The van der Waals surface area contributed by atoms with Gasteiger partial charge in [0.15, 0.2) is 0 Å². The zero-order valence-electron chi connectivity index (χ0n) is 10.4. The molecule has 0 aliphatic carbocycles. The summed E-state index contributed by atoms with van der Waals surface area (Å²) in [5, 5.41) is 0. The van der Waals surface area contributed by atoms with Gasteiger partial charge in [0.2, 0.25) is 0 Å². The van der Waals surface area contributed by atoms with Crippen molar-refractivity contribution < 1.29 is 0 Å². The number of hydrogen-bond donors (Lipinski definition) is 0. The summed E-state index contributed by atoms with van der Waals surface area (Å²) in [6.45, 7) is 7.47. The van der Waals surface area contributed by atoms with Crippen LogP contribution >= 0.6 is 0 Å². The molecule has 1 aliphatic rings. The molecule has 15 heavy (non-hydrogen) atoms. The standard InChI is InChI=1S/C11H14Si.2CH3.Sn/c1-12(2,3)10-9-11-7-5-4-6-8-11;;;/h4-7,9H,1-3H3;2*1H3;. The third-order valence-corrected chi connectivity index (χ3v) is 25.2. The Kier molecular flexibility index (Phi) is 2.66. The summed E-state index contributed by atoms with van der Waals surface area (Å²) in [7, 11) is -1.10. The quantitative estimate of drug-likeness (QED) is 0.695. The number of benzene rings is 1. The molecular formula is C13H20SiSn. The van der Waals surface area contributed by atoms with Crippen LogP contribution in [0.2, 0.25) is 29.5 Å². The molecule has 0 nitrogen and oxygen atoms in total. The van der Waals surface area contributed by atoms with Gasteiger partial charge in [-0.25, -0.2) is 0 Å². The van der Waals surface area contributed by atoms with Gasteiger partial charge < -0.3 is 0 Å². The Balaban J connectivity index is 2.59. The van der Waals surface area contributed by atoms with E-state index in [0.717, 1.165) is 0 Å². The van der Waals surface area contributed by atoms with Crippen LogP contribution in [0.15, 0.2) is 27.5 Å². The van der Waals surface area contributed by atoms with Gasteiger partial charge in [0.05, 0.1) is 0 Å². The van der Waals surface area contributed by atoms with Crippen molar-refractivity contribution in [3.05, 3.63) is 33.0 Å². The molecule has 2 rings (SSSR count). The van der Waals surface area contributed by atoms with E-state index in [4.69, 9.17) is 0 Å². The molecule has 0 fully saturated rings. The minimum absolute atomic E-state index is 1.10. The topological polar surface area (TPSA) is 0 Å². The van der Waals surface area contributed by atoms with Crippen molar-refractivity contribution in [2.45, 2.75) is 29.5 Å². The Morgan fingerprint density at radius 1 is 1.00 bits per heavy atom. The van der Waals surface area contributed by atoms with Crippen molar-refractivity contribution >= 4 is 36.1 Å². The first-order chi connectivity index (χ1) is 6.83. The van der Waals surface area contributed by atoms with E-state index in [2.05, 4.69) is 59.9 Å². The fourth-order valence-electron chi connectivity index (χ4n) is 2.83. The van der Waals surface area contributed by atoms with Crippen molar-refractivity contribution in [1.82, 2.24) is 0 Å². The summed E-state index contributed by atoms with van der Waals surface area (Å²) in [5.41, 5.74) is 1.52. The Labute approximate surface area is 98.3 Å². The van der Waals surface area contributed by atoms with Gasteiger partial charge in [-0.05, 0) is 0 Å². The summed E-state index contributed by atoms with van der Waals surface area (Å²) in [4.78, 5) is 5.15. The summed E-state index contributed by atoms with van der Waals surface area (Å²) in [5.74, 6) is 0. The van der Waals surface area contributed by atoms with Gasteiger partial charge in [0.25, 0.3) is 0 Å². The van der Waals surface area contributed by atoms with Crippen LogP contribution < -0.4 is 3.58 Å².